The zero-order valence-electron chi connectivity index (χ0n) is 16.7. The molecular formula is C24H26N4. The smallest absolute Gasteiger partial charge is 0.109 e. The number of rotatable bonds is 4. The van der Waals surface area contributed by atoms with E-state index in [4.69, 9.17) is 9.97 Å². The van der Waals surface area contributed by atoms with Crippen LogP contribution in [-0.4, -0.2) is 19.5 Å². The molecule has 0 saturated carbocycles. The summed E-state index contributed by atoms with van der Waals surface area (Å²) in [6, 6.07) is 12.7. The second kappa shape index (κ2) is 7.01. The summed E-state index contributed by atoms with van der Waals surface area (Å²) in [5.74, 6) is 1.84. The molecule has 2 heterocycles. The van der Waals surface area contributed by atoms with Crippen molar-refractivity contribution in [1.29, 1.82) is 0 Å². The first-order valence-electron chi connectivity index (χ1n) is 10.4. The summed E-state index contributed by atoms with van der Waals surface area (Å²) in [5, 5.41) is 0. The summed E-state index contributed by atoms with van der Waals surface area (Å²) in [4.78, 5) is 14.4. The van der Waals surface area contributed by atoms with Gasteiger partial charge in [-0.3, -0.25) is 4.98 Å². The summed E-state index contributed by atoms with van der Waals surface area (Å²) in [6.45, 7) is 2.30. The molecule has 0 N–H and O–H groups in total. The van der Waals surface area contributed by atoms with E-state index in [9.17, 15) is 0 Å². The van der Waals surface area contributed by atoms with Gasteiger partial charge in [-0.2, -0.15) is 0 Å². The molecule has 1 unspecified atom stereocenters. The molecule has 0 amide bonds. The number of hydrogen-bond acceptors (Lipinski definition) is 3. The fourth-order valence-electron chi connectivity index (χ4n) is 4.71. The number of imidazole rings is 1. The minimum Gasteiger partial charge on any atom is -0.331 e. The minimum atomic E-state index is 0.700. The average molecular weight is 371 g/mol. The highest BCUT2D eigenvalue weighted by Gasteiger charge is 2.23. The van der Waals surface area contributed by atoms with E-state index in [1.54, 1.807) is 0 Å². The Morgan fingerprint density at radius 2 is 1.89 bits per heavy atom. The van der Waals surface area contributed by atoms with E-state index >= 15 is 0 Å². The summed E-state index contributed by atoms with van der Waals surface area (Å²) in [5.41, 5.74) is 8.44. The van der Waals surface area contributed by atoms with Crippen LogP contribution in [0.3, 0.4) is 0 Å². The fourth-order valence-corrected chi connectivity index (χ4v) is 4.71. The highest BCUT2D eigenvalue weighted by Crippen LogP contribution is 2.37. The van der Waals surface area contributed by atoms with Crippen molar-refractivity contribution < 1.29 is 0 Å². The second-order valence-electron chi connectivity index (χ2n) is 7.94. The number of aromatic nitrogens is 4. The first-order valence-corrected chi connectivity index (χ1v) is 10.4. The standard InChI is InChI=1S/C24H26N4/c1-3-16-7-6-8-19-18(16)12-13-22-24(19)27-23(28(22)2)14-11-17-15-25-20-9-4-5-10-21(20)26-17/h4-5,9-10,12-13,15-16H,3,6-8,11,14H2,1-2H3. The summed E-state index contributed by atoms with van der Waals surface area (Å²) < 4.78 is 2.26. The number of nitrogens with zero attached hydrogens (tertiary/aromatic N) is 4. The molecule has 5 rings (SSSR count). The van der Waals surface area contributed by atoms with Crippen molar-refractivity contribution in [2.24, 2.45) is 7.05 Å². The Balaban J connectivity index is 1.46. The Hall–Kier alpha value is -2.75. The van der Waals surface area contributed by atoms with Crippen molar-refractivity contribution >= 4 is 22.1 Å². The second-order valence-corrected chi connectivity index (χ2v) is 7.94. The molecule has 4 heteroatoms. The van der Waals surface area contributed by atoms with E-state index < -0.39 is 0 Å². The van der Waals surface area contributed by atoms with Gasteiger partial charge in [0.25, 0.3) is 0 Å². The Labute approximate surface area is 165 Å². The zero-order valence-corrected chi connectivity index (χ0v) is 16.7. The van der Waals surface area contributed by atoms with E-state index in [1.165, 1.54) is 41.4 Å². The predicted molar refractivity (Wildman–Crippen MR) is 114 cm³/mol. The molecule has 0 saturated heterocycles. The monoisotopic (exact) mass is 370 g/mol. The zero-order chi connectivity index (χ0) is 19.1. The van der Waals surface area contributed by atoms with Gasteiger partial charge < -0.3 is 4.57 Å². The third-order valence-electron chi connectivity index (χ3n) is 6.30. The molecule has 142 valence electrons. The molecule has 0 fully saturated rings. The van der Waals surface area contributed by atoms with Crippen LogP contribution in [0.25, 0.3) is 22.1 Å². The Morgan fingerprint density at radius 1 is 1.04 bits per heavy atom. The quantitative estimate of drug-likeness (QED) is 0.500. The maximum atomic E-state index is 5.09. The van der Waals surface area contributed by atoms with Gasteiger partial charge in [-0.25, -0.2) is 9.97 Å². The maximum Gasteiger partial charge on any atom is 0.109 e. The van der Waals surface area contributed by atoms with E-state index in [0.717, 1.165) is 41.8 Å². The highest BCUT2D eigenvalue weighted by molar-refractivity contribution is 5.81. The normalized spacial score (nSPS) is 16.6. The van der Waals surface area contributed by atoms with Gasteiger partial charge in [0, 0.05) is 19.7 Å². The molecule has 0 aliphatic heterocycles. The van der Waals surface area contributed by atoms with Crippen molar-refractivity contribution in [3.8, 4) is 0 Å². The molecule has 2 aromatic carbocycles. The van der Waals surface area contributed by atoms with Gasteiger partial charge in [0.15, 0.2) is 0 Å². The van der Waals surface area contributed by atoms with Crippen LogP contribution >= 0.6 is 0 Å². The largest absolute Gasteiger partial charge is 0.331 e. The molecule has 0 spiro atoms. The molecule has 4 nitrogen and oxygen atoms in total. The lowest BCUT2D eigenvalue weighted by atomic mass is 9.81. The van der Waals surface area contributed by atoms with Crippen molar-refractivity contribution in [2.75, 3.05) is 0 Å². The number of benzene rings is 2. The van der Waals surface area contributed by atoms with Crippen molar-refractivity contribution in [3.05, 3.63) is 65.2 Å². The van der Waals surface area contributed by atoms with Crippen LogP contribution in [0, 0.1) is 0 Å². The molecule has 28 heavy (non-hydrogen) atoms. The van der Waals surface area contributed by atoms with Crippen LogP contribution in [0.5, 0.6) is 0 Å². The number of hydrogen-bond donors (Lipinski definition) is 0. The van der Waals surface area contributed by atoms with Crippen molar-refractivity contribution in [2.45, 2.75) is 51.4 Å². The van der Waals surface area contributed by atoms with Gasteiger partial charge in [-0.1, -0.05) is 25.1 Å². The third kappa shape index (κ3) is 2.88. The number of aryl methyl sites for hydroxylation is 4. The van der Waals surface area contributed by atoms with Crippen LogP contribution < -0.4 is 0 Å². The van der Waals surface area contributed by atoms with E-state index in [2.05, 4.69) is 35.7 Å². The van der Waals surface area contributed by atoms with Gasteiger partial charge in [0.2, 0.25) is 0 Å². The van der Waals surface area contributed by atoms with Gasteiger partial charge in [-0.15, -0.1) is 0 Å². The van der Waals surface area contributed by atoms with Crippen LogP contribution in [0.2, 0.25) is 0 Å². The van der Waals surface area contributed by atoms with E-state index in [-0.39, 0.29) is 0 Å². The van der Waals surface area contributed by atoms with Crippen LogP contribution in [-0.2, 0) is 26.3 Å². The average Bonchev–Trinajstić information content (AvgIpc) is 3.07. The van der Waals surface area contributed by atoms with Crippen LogP contribution in [0.1, 0.15) is 54.7 Å². The van der Waals surface area contributed by atoms with Gasteiger partial charge in [0.05, 0.1) is 27.8 Å². The molecule has 1 aliphatic rings. The SMILES string of the molecule is CCC1CCCc2c1ccc1c2nc(CCc2cnc3ccccc3n2)n1C. The first kappa shape index (κ1) is 17.4. The lowest BCUT2D eigenvalue weighted by Gasteiger charge is -2.24. The molecule has 1 atom stereocenters. The molecular weight excluding hydrogens is 344 g/mol. The molecule has 1 aliphatic carbocycles. The molecule has 0 radical (unpaired) electrons. The first-order chi connectivity index (χ1) is 13.7. The Bertz CT molecular complexity index is 1160. The molecule has 4 aromatic rings. The Morgan fingerprint density at radius 3 is 2.75 bits per heavy atom. The van der Waals surface area contributed by atoms with Gasteiger partial charge in [0.1, 0.15) is 5.82 Å². The summed E-state index contributed by atoms with van der Waals surface area (Å²) in [7, 11) is 2.14. The summed E-state index contributed by atoms with van der Waals surface area (Å²) in [6.07, 6.45) is 8.62. The molecule has 2 aromatic heterocycles. The van der Waals surface area contributed by atoms with E-state index in [1.807, 2.05) is 30.5 Å². The van der Waals surface area contributed by atoms with E-state index in [0.29, 0.717) is 5.92 Å². The van der Waals surface area contributed by atoms with Crippen LogP contribution in [0.15, 0.2) is 42.6 Å². The van der Waals surface area contributed by atoms with Crippen molar-refractivity contribution in [3.63, 3.8) is 0 Å². The summed E-state index contributed by atoms with van der Waals surface area (Å²) >= 11 is 0. The lowest BCUT2D eigenvalue weighted by Crippen LogP contribution is -2.09. The fraction of sp³-hybridized carbons (Fsp3) is 0.375. The highest BCUT2D eigenvalue weighted by atomic mass is 15.1. The van der Waals surface area contributed by atoms with Gasteiger partial charge in [-0.05, 0) is 67.3 Å². The van der Waals surface area contributed by atoms with Crippen LogP contribution in [0.4, 0.5) is 0 Å². The lowest BCUT2D eigenvalue weighted by molar-refractivity contribution is 0.542. The van der Waals surface area contributed by atoms with Gasteiger partial charge >= 0.3 is 0 Å². The minimum absolute atomic E-state index is 0.700. The predicted octanol–water partition coefficient (Wildman–Crippen LogP) is 5.13. The number of para-hydroxylation sites is 2. The number of fused-ring (bicyclic) bond motifs is 4. The molecule has 0 bridgehead atoms. The maximum absolute atomic E-state index is 5.09. The Kier molecular flexibility index (Phi) is 4.34. The third-order valence-corrected chi connectivity index (χ3v) is 6.30. The topological polar surface area (TPSA) is 43.6 Å². The van der Waals surface area contributed by atoms with Crippen molar-refractivity contribution in [1.82, 2.24) is 19.5 Å².